The number of esters is 1. The molecule has 0 spiro atoms. The number of amides is 1. The molecule has 2 rings (SSSR count). The molecule has 30 heavy (non-hydrogen) atoms. The molecule has 5 nitrogen and oxygen atoms in total. The lowest BCUT2D eigenvalue weighted by Crippen LogP contribution is -2.40. The number of rotatable bonds is 11. The van der Waals surface area contributed by atoms with Crippen LogP contribution in [0.15, 0.2) is 73.3 Å². The standard InChI is InChI=1S/C25H29NO4/c1-4-18-29-23-15-12-22(13-16-23)14-17-24(27)30-20(3)25(28)26-19(2)10-11-21-8-6-5-7-9-21/h4-9,12-17,19-20H,1,10-11,18H2,2-3H3,(H,26,28)/b17-14+/t19-,20-/m0/s1. The molecule has 0 aromatic heterocycles. The Labute approximate surface area is 178 Å². The van der Waals surface area contributed by atoms with Crippen LogP contribution in [0.5, 0.6) is 5.75 Å². The predicted octanol–water partition coefficient (Wildman–Crippen LogP) is 4.33. The van der Waals surface area contributed by atoms with Crippen LogP contribution in [0.1, 0.15) is 31.4 Å². The van der Waals surface area contributed by atoms with Gasteiger partial charge in [0.2, 0.25) is 0 Å². The fourth-order valence-electron chi connectivity index (χ4n) is 2.72. The van der Waals surface area contributed by atoms with Gasteiger partial charge in [-0.2, -0.15) is 0 Å². The molecule has 0 unspecified atom stereocenters. The normalized spacial score (nSPS) is 12.7. The molecule has 0 heterocycles. The van der Waals surface area contributed by atoms with Gasteiger partial charge in [-0.15, -0.1) is 0 Å². The van der Waals surface area contributed by atoms with E-state index in [0.29, 0.717) is 6.61 Å². The molecule has 0 bridgehead atoms. The van der Waals surface area contributed by atoms with Crippen molar-refractivity contribution in [1.29, 1.82) is 0 Å². The summed E-state index contributed by atoms with van der Waals surface area (Å²) in [6.45, 7) is 7.54. The van der Waals surface area contributed by atoms with Crippen LogP contribution in [0.2, 0.25) is 0 Å². The highest BCUT2D eigenvalue weighted by atomic mass is 16.5. The Bertz CT molecular complexity index is 843. The van der Waals surface area contributed by atoms with E-state index in [2.05, 4.69) is 24.0 Å². The Kier molecular flexibility index (Phi) is 9.38. The third-order valence-corrected chi connectivity index (χ3v) is 4.42. The van der Waals surface area contributed by atoms with Gasteiger partial charge in [-0.3, -0.25) is 4.79 Å². The number of carbonyl (C=O) groups excluding carboxylic acids is 2. The highest BCUT2D eigenvalue weighted by Gasteiger charge is 2.18. The Morgan fingerprint density at radius 3 is 2.43 bits per heavy atom. The van der Waals surface area contributed by atoms with Gasteiger partial charge in [0.1, 0.15) is 12.4 Å². The molecule has 5 heteroatoms. The smallest absolute Gasteiger partial charge is 0.331 e. The molecule has 0 radical (unpaired) electrons. The van der Waals surface area contributed by atoms with Gasteiger partial charge in [-0.05, 0) is 56.0 Å². The molecule has 0 aliphatic rings. The Balaban J connectivity index is 1.74. The zero-order valence-electron chi connectivity index (χ0n) is 17.5. The summed E-state index contributed by atoms with van der Waals surface area (Å²) in [5, 5.41) is 2.89. The zero-order chi connectivity index (χ0) is 21.8. The monoisotopic (exact) mass is 407 g/mol. The van der Waals surface area contributed by atoms with E-state index in [-0.39, 0.29) is 11.9 Å². The largest absolute Gasteiger partial charge is 0.490 e. The van der Waals surface area contributed by atoms with Crippen molar-refractivity contribution in [2.45, 2.75) is 38.8 Å². The zero-order valence-corrected chi connectivity index (χ0v) is 17.5. The van der Waals surface area contributed by atoms with E-state index in [4.69, 9.17) is 9.47 Å². The van der Waals surface area contributed by atoms with Crippen LogP contribution in [0.25, 0.3) is 6.08 Å². The van der Waals surface area contributed by atoms with E-state index >= 15 is 0 Å². The number of nitrogens with one attached hydrogen (secondary N) is 1. The summed E-state index contributed by atoms with van der Waals surface area (Å²) >= 11 is 0. The second-order valence-corrected chi connectivity index (χ2v) is 7.02. The van der Waals surface area contributed by atoms with Crippen molar-refractivity contribution < 1.29 is 19.1 Å². The van der Waals surface area contributed by atoms with Crippen LogP contribution < -0.4 is 10.1 Å². The third-order valence-electron chi connectivity index (χ3n) is 4.42. The highest BCUT2D eigenvalue weighted by molar-refractivity contribution is 5.90. The van der Waals surface area contributed by atoms with Crippen molar-refractivity contribution in [1.82, 2.24) is 5.32 Å². The summed E-state index contributed by atoms with van der Waals surface area (Å²) in [5.41, 5.74) is 2.05. The van der Waals surface area contributed by atoms with Crippen LogP contribution >= 0.6 is 0 Å². The summed E-state index contributed by atoms with van der Waals surface area (Å²) in [4.78, 5) is 24.3. The number of hydrogen-bond donors (Lipinski definition) is 1. The van der Waals surface area contributed by atoms with Crippen LogP contribution in [-0.2, 0) is 20.7 Å². The van der Waals surface area contributed by atoms with E-state index in [0.717, 1.165) is 24.2 Å². The summed E-state index contributed by atoms with van der Waals surface area (Å²) in [6.07, 6.45) is 5.43. The SMILES string of the molecule is C=CCOc1ccc(/C=C/C(=O)O[C@@H](C)C(=O)N[C@@H](C)CCc2ccccc2)cc1. The van der Waals surface area contributed by atoms with Crippen molar-refractivity contribution >= 4 is 18.0 Å². The number of benzene rings is 2. The van der Waals surface area contributed by atoms with Gasteiger partial charge in [-0.1, -0.05) is 55.1 Å². The molecule has 0 aliphatic carbocycles. The maximum Gasteiger partial charge on any atom is 0.331 e. The first-order chi connectivity index (χ1) is 14.5. The molecule has 0 saturated heterocycles. The molecule has 1 amide bonds. The molecule has 2 atom stereocenters. The first kappa shape index (κ1) is 22.9. The van der Waals surface area contributed by atoms with Crippen molar-refractivity contribution in [3.63, 3.8) is 0 Å². The van der Waals surface area contributed by atoms with Crippen LogP contribution in [0, 0.1) is 0 Å². The fraction of sp³-hybridized carbons (Fsp3) is 0.280. The molecule has 2 aromatic carbocycles. The van der Waals surface area contributed by atoms with E-state index in [1.165, 1.54) is 11.6 Å². The van der Waals surface area contributed by atoms with Crippen molar-refractivity contribution in [3.05, 3.63) is 84.5 Å². The van der Waals surface area contributed by atoms with E-state index in [1.807, 2.05) is 37.3 Å². The van der Waals surface area contributed by atoms with Crippen LogP contribution in [-0.4, -0.2) is 30.6 Å². The molecular weight excluding hydrogens is 378 g/mol. The maximum absolute atomic E-state index is 12.3. The lowest BCUT2D eigenvalue weighted by molar-refractivity contribution is -0.150. The van der Waals surface area contributed by atoms with Crippen molar-refractivity contribution in [2.24, 2.45) is 0 Å². The third kappa shape index (κ3) is 8.35. The molecule has 158 valence electrons. The fourth-order valence-corrected chi connectivity index (χ4v) is 2.72. The Morgan fingerprint density at radius 2 is 1.77 bits per heavy atom. The minimum absolute atomic E-state index is 0.0174. The van der Waals surface area contributed by atoms with Gasteiger partial charge in [0.15, 0.2) is 6.10 Å². The summed E-state index contributed by atoms with van der Waals surface area (Å²) < 4.78 is 10.6. The van der Waals surface area contributed by atoms with Crippen LogP contribution in [0.3, 0.4) is 0 Å². The van der Waals surface area contributed by atoms with Crippen LogP contribution in [0.4, 0.5) is 0 Å². The average Bonchev–Trinajstić information content (AvgIpc) is 2.76. The first-order valence-electron chi connectivity index (χ1n) is 10.0. The average molecular weight is 408 g/mol. The van der Waals surface area contributed by atoms with Gasteiger partial charge in [-0.25, -0.2) is 4.79 Å². The van der Waals surface area contributed by atoms with Gasteiger partial charge >= 0.3 is 5.97 Å². The van der Waals surface area contributed by atoms with Gasteiger partial charge in [0.05, 0.1) is 0 Å². The quantitative estimate of drug-likeness (QED) is 0.342. The van der Waals surface area contributed by atoms with Crippen molar-refractivity contribution in [3.8, 4) is 5.75 Å². The highest BCUT2D eigenvalue weighted by Crippen LogP contribution is 2.13. The molecule has 2 aromatic rings. The van der Waals surface area contributed by atoms with E-state index in [1.54, 1.807) is 31.2 Å². The number of aryl methyl sites for hydroxylation is 1. The molecule has 0 aliphatic heterocycles. The second-order valence-electron chi connectivity index (χ2n) is 7.02. The summed E-state index contributed by atoms with van der Waals surface area (Å²) in [5.74, 6) is -0.149. The number of hydrogen-bond acceptors (Lipinski definition) is 4. The van der Waals surface area contributed by atoms with Gasteiger partial charge in [0.25, 0.3) is 5.91 Å². The lowest BCUT2D eigenvalue weighted by Gasteiger charge is -2.17. The maximum atomic E-state index is 12.3. The Morgan fingerprint density at radius 1 is 1.07 bits per heavy atom. The lowest BCUT2D eigenvalue weighted by atomic mass is 10.1. The van der Waals surface area contributed by atoms with Crippen molar-refractivity contribution in [2.75, 3.05) is 6.61 Å². The molecule has 0 fully saturated rings. The van der Waals surface area contributed by atoms with E-state index in [9.17, 15) is 9.59 Å². The van der Waals surface area contributed by atoms with Gasteiger partial charge < -0.3 is 14.8 Å². The second kappa shape index (κ2) is 12.3. The minimum Gasteiger partial charge on any atom is -0.490 e. The topological polar surface area (TPSA) is 64.6 Å². The predicted molar refractivity (Wildman–Crippen MR) is 119 cm³/mol. The first-order valence-corrected chi connectivity index (χ1v) is 10.0. The Hall–Kier alpha value is -3.34. The summed E-state index contributed by atoms with van der Waals surface area (Å²) in [6, 6.07) is 17.4. The summed E-state index contributed by atoms with van der Waals surface area (Å²) in [7, 11) is 0. The molecular formula is C25H29NO4. The number of carbonyl (C=O) groups is 2. The van der Waals surface area contributed by atoms with Gasteiger partial charge in [0, 0.05) is 12.1 Å². The molecule has 1 N–H and O–H groups in total. The number of ether oxygens (including phenoxy) is 2. The molecule has 0 saturated carbocycles. The van der Waals surface area contributed by atoms with E-state index < -0.39 is 12.1 Å². The minimum atomic E-state index is -0.865.